The SMILES string of the molecule is COc1cc(NC(=O)c2cccnc2S(=O)Cc2ccccc2)cc(OC)c1. The fourth-order valence-electron chi connectivity index (χ4n) is 2.62. The summed E-state index contributed by atoms with van der Waals surface area (Å²) in [6, 6.07) is 17.8. The van der Waals surface area contributed by atoms with Crippen LogP contribution < -0.4 is 14.8 Å². The highest BCUT2D eigenvalue weighted by Crippen LogP contribution is 2.26. The van der Waals surface area contributed by atoms with Crippen LogP contribution in [-0.2, 0) is 16.6 Å². The average molecular weight is 396 g/mol. The van der Waals surface area contributed by atoms with E-state index in [1.807, 2.05) is 30.3 Å². The number of nitrogens with one attached hydrogen (secondary N) is 1. The average Bonchev–Trinajstić information content (AvgIpc) is 2.74. The van der Waals surface area contributed by atoms with Gasteiger partial charge in [0.15, 0.2) is 0 Å². The minimum absolute atomic E-state index is 0.249. The third-order valence-corrected chi connectivity index (χ3v) is 5.33. The van der Waals surface area contributed by atoms with Gasteiger partial charge < -0.3 is 14.8 Å². The lowest BCUT2D eigenvalue weighted by molar-refractivity contribution is 0.102. The van der Waals surface area contributed by atoms with Crippen LogP contribution in [0.4, 0.5) is 5.69 Å². The molecule has 6 nitrogen and oxygen atoms in total. The first-order chi connectivity index (χ1) is 13.6. The van der Waals surface area contributed by atoms with E-state index in [9.17, 15) is 9.00 Å². The molecule has 1 atom stereocenters. The monoisotopic (exact) mass is 396 g/mol. The smallest absolute Gasteiger partial charge is 0.258 e. The molecular weight excluding hydrogens is 376 g/mol. The zero-order valence-electron chi connectivity index (χ0n) is 15.5. The van der Waals surface area contributed by atoms with Crippen molar-refractivity contribution < 1.29 is 18.5 Å². The molecule has 0 fully saturated rings. The van der Waals surface area contributed by atoms with Crippen molar-refractivity contribution in [1.29, 1.82) is 0 Å². The Bertz CT molecular complexity index is 970. The molecule has 0 aliphatic carbocycles. The van der Waals surface area contributed by atoms with Crippen LogP contribution in [0.3, 0.4) is 0 Å². The topological polar surface area (TPSA) is 77.5 Å². The molecule has 3 rings (SSSR count). The molecule has 7 heteroatoms. The predicted molar refractivity (Wildman–Crippen MR) is 108 cm³/mol. The van der Waals surface area contributed by atoms with E-state index in [1.165, 1.54) is 20.4 Å². The second-order valence-electron chi connectivity index (χ2n) is 5.89. The van der Waals surface area contributed by atoms with Gasteiger partial charge in [0.1, 0.15) is 16.5 Å². The van der Waals surface area contributed by atoms with Crippen molar-refractivity contribution in [3.8, 4) is 11.5 Å². The molecule has 3 aromatic rings. The summed E-state index contributed by atoms with van der Waals surface area (Å²) in [5.74, 6) is 0.979. The summed E-state index contributed by atoms with van der Waals surface area (Å²) in [5, 5.41) is 3.04. The molecule has 1 unspecified atom stereocenters. The zero-order chi connectivity index (χ0) is 19.9. The maximum absolute atomic E-state index is 12.8. The van der Waals surface area contributed by atoms with Gasteiger partial charge in [-0.1, -0.05) is 30.3 Å². The van der Waals surface area contributed by atoms with Gasteiger partial charge in [-0.05, 0) is 17.7 Å². The van der Waals surface area contributed by atoms with E-state index in [1.54, 1.807) is 30.3 Å². The van der Waals surface area contributed by atoms with Crippen LogP contribution in [0.5, 0.6) is 11.5 Å². The molecule has 1 aromatic heterocycles. The maximum Gasteiger partial charge on any atom is 0.258 e. The largest absolute Gasteiger partial charge is 0.497 e. The Morgan fingerprint density at radius 2 is 1.68 bits per heavy atom. The lowest BCUT2D eigenvalue weighted by Gasteiger charge is -2.11. The number of methoxy groups -OCH3 is 2. The second kappa shape index (κ2) is 9.14. The molecule has 0 radical (unpaired) electrons. The summed E-state index contributed by atoms with van der Waals surface area (Å²) >= 11 is 0. The number of hydrogen-bond donors (Lipinski definition) is 1. The van der Waals surface area contributed by atoms with Gasteiger partial charge in [0, 0.05) is 30.1 Å². The lowest BCUT2D eigenvalue weighted by Crippen LogP contribution is -2.16. The van der Waals surface area contributed by atoms with E-state index < -0.39 is 16.7 Å². The molecule has 28 heavy (non-hydrogen) atoms. The van der Waals surface area contributed by atoms with Crippen molar-refractivity contribution in [2.24, 2.45) is 0 Å². The van der Waals surface area contributed by atoms with Gasteiger partial charge in [0.05, 0.1) is 36.3 Å². The number of benzene rings is 2. The summed E-state index contributed by atoms with van der Waals surface area (Å²) in [6.45, 7) is 0. The highest BCUT2D eigenvalue weighted by Gasteiger charge is 2.18. The number of ether oxygens (including phenoxy) is 2. The Kier molecular flexibility index (Phi) is 6.39. The minimum atomic E-state index is -1.46. The van der Waals surface area contributed by atoms with Crippen molar-refractivity contribution in [1.82, 2.24) is 4.98 Å². The van der Waals surface area contributed by atoms with Crippen LogP contribution in [0.1, 0.15) is 15.9 Å². The Labute approximate surface area is 166 Å². The molecule has 144 valence electrons. The first-order valence-electron chi connectivity index (χ1n) is 8.52. The summed E-state index contributed by atoms with van der Waals surface area (Å²) in [7, 11) is 1.61. The Hall–Kier alpha value is -3.19. The molecule has 1 amide bonds. The van der Waals surface area contributed by atoms with Crippen molar-refractivity contribution in [2.75, 3.05) is 19.5 Å². The molecule has 1 heterocycles. The van der Waals surface area contributed by atoms with Gasteiger partial charge in [0.25, 0.3) is 5.91 Å². The van der Waals surface area contributed by atoms with Crippen molar-refractivity contribution in [3.63, 3.8) is 0 Å². The third-order valence-electron chi connectivity index (χ3n) is 3.98. The maximum atomic E-state index is 12.8. The van der Waals surface area contributed by atoms with Gasteiger partial charge in [-0.15, -0.1) is 0 Å². The number of nitrogens with zero attached hydrogens (tertiary/aromatic N) is 1. The predicted octanol–water partition coefficient (Wildman–Crippen LogP) is 3.66. The second-order valence-corrected chi connectivity index (χ2v) is 7.25. The van der Waals surface area contributed by atoms with E-state index in [2.05, 4.69) is 10.3 Å². The van der Waals surface area contributed by atoms with Gasteiger partial charge in [-0.3, -0.25) is 9.00 Å². The first kappa shape index (κ1) is 19.6. The minimum Gasteiger partial charge on any atom is -0.497 e. The molecule has 0 saturated heterocycles. The van der Waals surface area contributed by atoms with Gasteiger partial charge >= 0.3 is 0 Å². The summed E-state index contributed by atoms with van der Waals surface area (Å²) in [5.41, 5.74) is 1.68. The van der Waals surface area contributed by atoms with E-state index in [0.717, 1.165) is 5.56 Å². The van der Waals surface area contributed by atoms with Crippen LogP contribution in [0.25, 0.3) is 0 Å². The van der Waals surface area contributed by atoms with Gasteiger partial charge in [-0.2, -0.15) is 0 Å². The van der Waals surface area contributed by atoms with E-state index in [4.69, 9.17) is 9.47 Å². The molecule has 0 saturated carbocycles. The fourth-order valence-corrected chi connectivity index (χ4v) is 3.83. The van der Waals surface area contributed by atoms with E-state index >= 15 is 0 Å². The third kappa shape index (κ3) is 4.75. The lowest BCUT2D eigenvalue weighted by atomic mass is 10.2. The summed E-state index contributed by atoms with van der Waals surface area (Å²) in [6.07, 6.45) is 1.53. The summed E-state index contributed by atoms with van der Waals surface area (Å²) in [4.78, 5) is 17.0. The van der Waals surface area contributed by atoms with Crippen LogP contribution >= 0.6 is 0 Å². The Balaban J connectivity index is 1.84. The first-order valence-corrected chi connectivity index (χ1v) is 9.84. The Morgan fingerprint density at radius 3 is 2.32 bits per heavy atom. The van der Waals surface area contributed by atoms with E-state index in [-0.39, 0.29) is 16.3 Å². The molecular formula is C21H20N2O4S. The number of carbonyl (C=O) groups excluding carboxylic acids is 1. The molecule has 0 bridgehead atoms. The standard InChI is InChI=1S/C21H20N2O4S/c1-26-17-11-16(12-18(13-17)27-2)23-20(24)19-9-6-10-22-21(19)28(25)14-15-7-4-3-5-8-15/h3-13H,14H2,1-2H3,(H,23,24). The van der Waals surface area contributed by atoms with E-state index in [0.29, 0.717) is 17.2 Å². The van der Waals surface area contributed by atoms with Crippen molar-refractivity contribution in [3.05, 3.63) is 78.0 Å². The van der Waals surface area contributed by atoms with Crippen molar-refractivity contribution in [2.45, 2.75) is 10.8 Å². The molecule has 0 aliphatic rings. The number of aromatic nitrogens is 1. The molecule has 0 spiro atoms. The number of rotatable bonds is 7. The molecule has 2 aromatic carbocycles. The van der Waals surface area contributed by atoms with Crippen LogP contribution in [-0.4, -0.2) is 29.3 Å². The fraction of sp³-hybridized carbons (Fsp3) is 0.143. The van der Waals surface area contributed by atoms with Crippen LogP contribution in [0, 0.1) is 0 Å². The number of hydrogen-bond acceptors (Lipinski definition) is 5. The normalized spacial score (nSPS) is 11.5. The summed E-state index contributed by atoms with van der Waals surface area (Å²) < 4.78 is 23.3. The number of amides is 1. The highest BCUT2D eigenvalue weighted by molar-refractivity contribution is 7.84. The number of anilines is 1. The van der Waals surface area contributed by atoms with Gasteiger partial charge in [0.2, 0.25) is 0 Å². The van der Waals surface area contributed by atoms with Crippen molar-refractivity contribution >= 4 is 22.4 Å². The number of carbonyl (C=O) groups is 1. The highest BCUT2D eigenvalue weighted by atomic mass is 32.2. The number of pyridine rings is 1. The molecule has 1 N–H and O–H groups in total. The molecule has 0 aliphatic heterocycles. The van der Waals surface area contributed by atoms with Crippen LogP contribution in [0.15, 0.2) is 71.9 Å². The van der Waals surface area contributed by atoms with Crippen LogP contribution in [0.2, 0.25) is 0 Å². The zero-order valence-corrected chi connectivity index (χ0v) is 16.4. The van der Waals surface area contributed by atoms with Gasteiger partial charge in [-0.25, -0.2) is 4.98 Å². The quantitative estimate of drug-likeness (QED) is 0.659. The Morgan fingerprint density at radius 1 is 1.00 bits per heavy atom.